The molecule has 0 radical (unpaired) electrons. The summed E-state index contributed by atoms with van der Waals surface area (Å²) < 4.78 is 5.25. The van der Waals surface area contributed by atoms with Crippen molar-refractivity contribution < 1.29 is 14.3 Å². The minimum absolute atomic E-state index is 0.166. The van der Waals surface area contributed by atoms with Gasteiger partial charge >= 0.3 is 0 Å². The molecule has 0 aliphatic carbocycles. The standard InChI is InChI=1S/C12H23N3O3/c1-8(2)6-9(13)12(17)15-4-5-18-7-10(15)11(16)14-3/h8-10H,4-7,13H2,1-3H3,(H,14,16). The molecule has 0 bridgehead atoms. The summed E-state index contributed by atoms with van der Waals surface area (Å²) in [6, 6.07) is -1.11. The fraction of sp³-hybridized carbons (Fsp3) is 0.833. The van der Waals surface area contributed by atoms with Gasteiger partial charge in [0.1, 0.15) is 6.04 Å². The Morgan fingerprint density at radius 2 is 2.17 bits per heavy atom. The number of hydrogen-bond donors (Lipinski definition) is 2. The van der Waals surface area contributed by atoms with Crippen LogP contribution in [-0.2, 0) is 14.3 Å². The van der Waals surface area contributed by atoms with Crippen LogP contribution in [0.15, 0.2) is 0 Å². The number of hydrogen-bond acceptors (Lipinski definition) is 4. The molecule has 0 aromatic heterocycles. The highest BCUT2D eigenvalue weighted by molar-refractivity contribution is 5.89. The van der Waals surface area contributed by atoms with Crippen LogP contribution in [0.25, 0.3) is 0 Å². The molecule has 2 unspecified atom stereocenters. The zero-order valence-electron chi connectivity index (χ0n) is 11.3. The Bertz CT molecular complexity index is 307. The van der Waals surface area contributed by atoms with Crippen LogP contribution >= 0.6 is 0 Å². The number of carbonyl (C=O) groups is 2. The molecule has 0 aromatic rings. The van der Waals surface area contributed by atoms with Gasteiger partial charge in [-0.2, -0.15) is 0 Å². The second-order valence-electron chi connectivity index (χ2n) is 4.97. The van der Waals surface area contributed by atoms with Gasteiger partial charge in [-0.15, -0.1) is 0 Å². The first kappa shape index (κ1) is 14.9. The molecule has 18 heavy (non-hydrogen) atoms. The third-order valence-corrected chi connectivity index (χ3v) is 3.00. The minimum Gasteiger partial charge on any atom is -0.377 e. The molecule has 1 aliphatic rings. The Morgan fingerprint density at radius 1 is 1.50 bits per heavy atom. The Morgan fingerprint density at radius 3 is 2.72 bits per heavy atom. The number of rotatable bonds is 4. The van der Waals surface area contributed by atoms with E-state index in [0.717, 1.165) is 0 Å². The van der Waals surface area contributed by atoms with Crippen LogP contribution < -0.4 is 11.1 Å². The third-order valence-electron chi connectivity index (χ3n) is 3.00. The van der Waals surface area contributed by atoms with Crippen LogP contribution in [-0.4, -0.2) is 55.6 Å². The average Bonchev–Trinajstić information content (AvgIpc) is 2.36. The van der Waals surface area contributed by atoms with E-state index in [4.69, 9.17) is 10.5 Å². The molecule has 3 N–H and O–H groups in total. The summed E-state index contributed by atoms with van der Waals surface area (Å²) in [4.78, 5) is 25.5. The molecule has 104 valence electrons. The van der Waals surface area contributed by atoms with Gasteiger partial charge in [-0.3, -0.25) is 9.59 Å². The molecular formula is C12H23N3O3. The molecule has 0 saturated carbocycles. The number of nitrogens with one attached hydrogen (secondary N) is 1. The Kier molecular flexibility index (Phi) is 5.55. The molecule has 2 atom stereocenters. The van der Waals surface area contributed by atoms with E-state index < -0.39 is 12.1 Å². The molecule has 1 heterocycles. The molecule has 6 heteroatoms. The number of amides is 2. The number of likely N-dealkylation sites (N-methyl/N-ethyl adjacent to an activating group) is 1. The first-order chi connectivity index (χ1) is 8.47. The van der Waals surface area contributed by atoms with Crippen molar-refractivity contribution in [1.82, 2.24) is 10.2 Å². The largest absolute Gasteiger partial charge is 0.377 e. The number of ether oxygens (including phenoxy) is 1. The van der Waals surface area contributed by atoms with Crippen LogP contribution in [0, 0.1) is 5.92 Å². The summed E-state index contributed by atoms with van der Waals surface area (Å²) in [5.41, 5.74) is 5.89. The first-order valence-electron chi connectivity index (χ1n) is 6.32. The highest BCUT2D eigenvalue weighted by Crippen LogP contribution is 2.12. The van der Waals surface area contributed by atoms with Gasteiger partial charge in [0.05, 0.1) is 19.3 Å². The van der Waals surface area contributed by atoms with E-state index in [9.17, 15) is 9.59 Å². The summed E-state index contributed by atoms with van der Waals surface area (Å²) in [6.45, 7) is 5.14. The first-order valence-corrected chi connectivity index (χ1v) is 6.32. The molecular weight excluding hydrogens is 234 g/mol. The zero-order chi connectivity index (χ0) is 13.7. The van der Waals surface area contributed by atoms with Crippen LogP contribution in [0.3, 0.4) is 0 Å². The van der Waals surface area contributed by atoms with Gasteiger partial charge in [-0.1, -0.05) is 13.8 Å². The Labute approximate surface area is 108 Å². The van der Waals surface area contributed by atoms with Gasteiger partial charge in [-0.05, 0) is 12.3 Å². The summed E-state index contributed by atoms with van der Waals surface area (Å²) in [5, 5.41) is 2.55. The van der Waals surface area contributed by atoms with Gasteiger partial charge in [0, 0.05) is 13.6 Å². The predicted octanol–water partition coefficient (Wildman–Crippen LogP) is -0.667. The SMILES string of the molecule is CNC(=O)C1COCCN1C(=O)C(N)CC(C)C. The Balaban J connectivity index is 2.70. The van der Waals surface area contributed by atoms with E-state index in [-0.39, 0.29) is 18.4 Å². The average molecular weight is 257 g/mol. The quantitative estimate of drug-likeness (QED) is 0.700. The van der Waals surface area contributed by atoms with E-state index >= 15 is 0 Å². The fourth-order valence-corrected chi connectivity index (χ4v) is 2.07. The molecule has 6 nitrogen and oxygen atoms in total. The van der Waals surface area contributed by atoms with Crippen LogP contribution in [0.4, 0.5) is 0 Å². The number of nitrogens with zero attached hydrogens (tertiary/aromatic N) is 1. The summed E-state index contributed by atoms with van der Waals surface area (Å²) in [5.74, 6) is -0.0242. The van der Waals surface area contributed by atoms with Crippen molar-refractivity contribution in [3.8, 4) is 0 Å². The van der Waals surface area contributed by atoms with Crippen LogP contribution in [0.1, 0.15) is 20.3 Å². The third kappa shape index (κ3) is 3.68. The van der Waals surface area contributed by atoms with Crippen molar-refractivity contribution in [3.63, 3.8) is 0 Å². The van der Waals surface area contributed by atoms with Gasteiger partial charge in [0.25, 0.3) is 0 Å². The highest BCUT2D eigenvalue weighted by atomic mass is 16.5. The van der Waals surface area contributed by atoms with E-state index in [0.29, 0.717) is 25.5 Å². The van der Waals surface area contributed by atoms with Crippen molar-refractivity contribution in [1.29, 1.82) is 0 Å². The number of nitrogens with two attached hydrogens (primary N) is 1. The van der Waals surface area contributed by atoms with Gasteiger partial charge in [0.2, 0.25) is 11.8 Å². The maximum Gasteiger partial charge on any atom is 0.244 e. The molecule has 0 aromatic carbocycles. The maximum atomic E-state index is 12.2. The second-order valence-corrected chi connectivity index (χ2v) is 4.97. The van der Waals surface area contributed by atoms with E-state index in [1.807, 2.05) is 13.8 Å². The lowest BCUT2D eigenvalue weighted by Gasteiger charge is -2.36. The second kappa shape index (κ2) is 6.70. The lowest BCUT2D eigenvalue weighted by atomic mass is 10.0. The van der Waals surface area contributed by atoms with Crippen molar-refractivity contribution in [2.75, 3.05) is 26.8 Å². The molecule has 1 saturated heterocycles. The molecule has 1 fully saturated rings. The zero-order valence-corrected chi connectivity index (χ0v) is 11.3. The van der Waals surface area contributed by atoms with Gasteiger partial charge in [-0.25, -0.2) is 0 Å². The summed E-state index contributed by atoms with van der Waals surface area (Å²) >= 11 is 0. The van der Waals surface area contributed by atoms with Gasteiger partial charge in [0.15, 0.2) is 0 Å². The van der Waals surface area contributed by atoms with Gasteiger partial charge < -0.3 is 20.7 Å². The topological polar surface area (TPSA) is 84.7 Å². The minimum atomic E-state index is -0.561. The predicted molar refractivity (Wildman–Crippen MR) is 67.8 cm³/mol. The monoisotopic (exact) mass is 257 g/mol. The van der Waals surface area contributed by atoms with Crippen molar-refractivity contribution in [3.05, 3.63) is 0 Å². The molecule has 1 rings (SSSR count). The molecule has 2 amide bonds. The highest BCUT2D eigenvalue weighted by Gasteiger charge is 2.34. The lowest BCUT2D eigenvalue weighted by Crippen LogP contribution is -2.58. The maximum absolute atomic E-state index is 12.2. The smallest absolute Gasteiger partial charge is 0.244 e. The van der Waals surface area contributed by atoms with Crippen molar-refractivity contribution >= 4 is 11.8 Å². The van der Waals surface area contributed by atoms with E-state index in [1.54, 1.807) is 7.05 Å². The summed E-state index contributed by atoms with van der Waals surface area (Å²) in [7, 11) is 1.55. The number of morpholine rings is 1. The van der Waals surface area contributed by atoms with Crippen LogP contribution in [0.2, 0.25) is 0 Å². The fourth-order valence-electron chi connectivity index (χ4n) is 2.07. The van der Waals surface area contributed by atoms with E-state index in [2.05, 4.69) is 5.32 Å². The summed E-state index contributed by atoms with van der Waals surface area (Å²) in [6.07, 6.45) is 0.622. The van der Waals surface area contributed by atoms with E-state index in [1.165, 1.54) is 4.90 Å². The molecule has 1 aliphatic heterocycles. The van der Waals surface area contributed by atoms with Crippen molar-refractivity contribution in [2.24, 2.45) is 11.7 Å². The molecule has 0 spiro atoms. The van der Waals surface area contributed by atoms with Crippen LogP contribution in [0.5, 0.6) is 0 Å². The Hall–Kier alpha value is -1.14. The lowest BCUT2D eigenvalue weighted by molar-refractivity contribution is -0.149. The number of carbonyl (C=O) groups excluding carboxylic acids is 2. The van der Waals surface area contributed by atoms with Crippen molar-refractivity contribution in [2.45, 2.75) is 32.4 Å². The normalized spacial score (nSPS) is 21.8.